The van der Waals surface area contributed by atoms with Crippen LogP contribution in [0.3, 0.4) is 0 Å². The van der Waals surface area contributed by atoms with E-state index in [0.29, 0.717) is 20.5 Å². The van der Waals surface area contributed by atoms with Crippen molar-refractivity contribution in [2.24, 2.45) is 0 Å². The molecule has 1 aliphatic rings. The summed E-state index contributed by atoms with van der Waals surface area (Å²) in [4.78, 5) is 14.1. The molecule has 1 amide bonds. The Hall–Kier alpha value is -0.550. The summed E-state index contributed by atoms with van der Waals surface area (Å²) in [6, 6.07) is 4.53. The average Bonchev–Trinajstić information content (AvgIpc) is 2.30. The van der Waals surface area contributed by atoms with Gasteiger partial charge >= 0.3 is 0 Å². The third-order valence-corrected chi connectivity index (χ3v) is 4.74. The van der Waals surface area contributed by atoms with Gasteiger partial charge in [0.2, 0.25) is 0 Å². The van der Waals surface area contributed by atoms with Crippen molar-refractivity contribution in [3.8, 4) is 0 Å². The number of nitrogens with zero attached hydrogens (tertiary/aromatic N) is 1. The Bertz CT molecular complexity index is 458. The number of carbonyl (C=O) groups excluding carboxylic acids is 1. The first-order chi connectivity index (χ1) is 8.47. The second-order valence-electron chi connectivity index (χ2n) is 4.60. The van der Waals surface area contributed by atoms with E-state index in [4.69, 9.17) is 0 Å². The van der Waals surface area contributed by atoms with Crippen LogP contribution >= 0.6 is 27.7 Å². The number of carbonyl (C=O) groups is 1. The summed E-state index contributed by atoms with van der Waals surface area (Å²) in [5.74, 6) is -0.478. The molecule has 18 heavy (non-hydrogen) atoms. The summed E-state index contributed by atoms with van der Waals surface area (Å²) in [7, 11) is 0. The highest BCUT2D eigenvalue weighted by Crippen LogP contribution is 2.26. The quantitative estimate of drug-likeness (QED) is 0.784. The monoisotopic (exact) mass is 331 g/mol. The first-order valence-electron chi connectivity index (χ1n) is 5.87. The molecule has 2 atom stereocenters. The molecule has 0 bridgehead atoms. The summed E-state index contributed by atoms with van der Waals surface area (Å²) in [5.41, 5.74) is 0.419. The largest absolute Gasteiger partial charge is 0.336 e. The van der Waals surface area contributed by atoms with Crippen molar-refractivity contribution in [2.45, 2.75) is 24.3 Å². The van der Waals surface area contributed by atoms with Crippen LogP contribution in [0.5, 0.6) is 0 Å². The van der Waals surface area contributed by atoms with Crippen molar-refractivity contribution >= 4 is 33.6 Å². The minimum atomic E-state index is -0.395. The van der Waals surface area contributed by atoms with Crippen molar-refractivity contribution < 1.29 is 9.18 Å². The maximum Gasteiger partial charge on any atom is 0.254 e. The fourth-order valence-corrected chi connectivity index (χ4v) is 3.73. The minimum absolute atomic E-state index is 0.0830. The molecule has 0 aromatic heterocycles. The van der Waals surface area contributed by atoms with Crippen LogP contribution in [-0.2, 0) is 0 Å². The van der Waals surface area contributed by atoms with Crippen LogP contribution in [0.15, 0.2) is 22.7 Å². The van der Waals surface area contributed by atoms with Gasteiger partial charge in [-0.2, -0.15) is 11.8 Å². The molecule has 0 spiro atoms. The van der Waals surface area contributed by atoms with Crippen LogP contribution in [0.4, 0.5) is 4.39 Å². The van der Waals surface area contributed by atoms with Crippen molar-refractivity contribution in [2.75, 3.05) is 13.1 Å². The number of hydrogen-bond acceptors (Lipinski definition) is 2. The second-order valence-corrected chi connectivity index (χ2v) is 7.33. The van der Waals surface area contributed by atoms with Crippen LogP contribution < -0.4 is 0 Å². The third-order valence-electron chi connectivity index (χ3n) is 2.87. The van der Waals surface area contributed by atoms with Crippen LogP contribution in [0, 0.1) is 5.82 Å². The molecule has 1 fully saturated rings. The Morgan fingerprint density at radius 1 is 1.39 bits per heavy atom. The molecule has 1 heterocycles. The summed E-state index contributed by atoms with van der Waals surface area (Å²) < 4.78 is 13.8. The van der Waals surface area contributed by atoms with Crippen LogP contribution in [0.2, 0.25) is 0 Å². The van der Waals surface area contributed by atoms with Gasteiger partial charge < -0.3 is 4.90 Å². The highest BCUT2D eigenvalue weighted by molar-refractivity contribution is 9.10. The van der Waals surface area contributed by atoms with Gasteiger partial charge in [-0.25, -0.2) is 4.39 Å². The van der Waals surface area contributed by atoms with Crippen molar-refractivity contribution in [1.29, 1.82) is 0 Å². The highest BCUT2D eigenvalue weighted by atomic mass is 79.9. The Morgan fingerprint density at radius 2 is 2.00 bits per heavy atom. The molecule has 2 unspecified atom stereocenters. The number of benzene rings is 1. The lowest BCUT2D eigenvalue weighted by Gasteiger charge is -2.34. The van der Waals surface area contributed by atoms with Crippen molar-refractivity contribution in [3.63, 3.8) is 0 Å². The zero-order valence-corrected chi connectivity index (χ0v) is 12.7. The third kappa shape index (κ3) is 3.06. The topological polar surface area (TPSA) is 20.3 Å². The molecule has 2 nitrogen and oxygen atoms in total. The van der Waals surface area contributed by atoms with E-state index >= 15 is 0 Å². The minimum Gasteiger partial charge on any atom is -0.336 e. The maximum atomic E-state index is 13.4. The van der Waals surface area contributed by atoms with Crippen molar-refractivity contribution in [1.82, 2.24) is 4.90 Å². The fourth-order valence-electron chi connectivity index (χ4n) is 2.16. The average molecular weight is 332 g/mol. The molecule has 0 N–H and O–H groups in total. The van der Waals surface area contributed by atoms with E-state index in [0.717, 1.165) is 13.1 Å². The van der Waals surface area contributed by atoms with Gasteiger partial charge in [-0.1, -0.05) is 13.8 Å². The van der Waals surface area contributed by atoms with E-state index in [-0.39, 0.29) is 5.91 Å². The SMILES string of the molecule is CC1CN(C(=O)c2ccc(Br)c(F)c2)CC(C)S1. The van der Waals surface area contributed by atoms with Gasteiger partial charge in [0.15, 0.2) is 0 Å². The lowest BCUT2D eigenvalue weighted by molar-refractivity contribution is 0.0753. The van der Waals surface area contributed by atoms with E-state index in [2.05, 4.69) is 29.8 Å². The van der Waals surface area contributed by atoms with Gasteiger partial charge in [0, 0.05) is 29.2 Å². The number of rotatable bonds is 1. The number of hydrogen-bond donors (Lipinski definition) is 0. The van der Waals surface area contributed by atoms with Gasteiger partial charge in [-0.3, -0.25) is 4.79 Å². The Balaban J connectivity index is 2.17. The molecule has 1 aromatic carbocycles. The summed E-state index contributed by atoms with van der Waals surface area (Å²) in [6.07, 6.45) is 0. The molecule has 0 aliphatic carbocycles. The first-order valence-corrected chi connectivity index (χ1v) is 7.60. The standard InChI is InChI=1S/C13H15BrFNOS/c1-8-6-16(7-9(2)18-8)13(17)10-3-4-11(14)12(15)5-10/h3-5,8-9H,6-7H2,1-2H3. The van der Waals surface area contributed by atoms with Crippen molar-refractivity contribution in [3.05, 3.63) is 34.1 Å². The number of halogens is 2. The van der Waals surface area contributed by atoms with Crippen LogP contribution in [-0.4, -0.2) is 34.4 Å². The molecule has 1 aromatic rings. The molecular weight excluding hydrogens is 317 g/mol. The molecule has 0 radical (unpaired) electrons. The van der Waals surface area contributed by atoms with Crippen LogP contribution in [0.1, 0.15) is 24.2 Å². The smallest absolute Gasteiger partial charge is 0.254 e. The molecule has 0 saturated carbocycles. The van der Waals surface area contributed by atoms with Crippen LogP contribution in [0.25, 0.3) is 0 Å². The number of amides is 1. The van der Waals surface area contributed by atoms with E-state index < -0.39 is 5.82 Å². The summed E-state index contributed by atoms with van der Waals surface area (Å²) in [6.45, 7) is 5.68. The molecular formula is C13H15BrFNOS. The van der Waals surface area contributed by atoms with Gasteiger partial charge in [-0.05, 0) is 34.1 Å². The van der Waals surface area contributed by atoms with E-state index in [1.807, 2.05) is 16.7 Å². The van der Waals surface area contributed by atoms with E-state index in [9.17, 15) is 9.18 Å². The zero-order chi connectivity index (χ0) is 13.3. The zero-order valence-electron chi connectivity index (χ0n) is 10.3. The lowest BCUT2D eigenvalue weighted by atomic mass is 10.2. The van der Waals surface area contributed by atoms with Gasteiger partial charge in [-0.15, -0.1) is 0 Å². The Morgan fingerprint density at radius 3 is 2.56 bits per heavy atom. The lowest BCUT2D eigenvalue weighted by Crippen LogP contribution is -2.44. The van der Waals surface area contributed by atoms with Gasteiger partial charge in [0.05, 0.1) is 4.47 Å². The second kappa shape index (κ2) is 5.61. The molecule has 1 aliphatic heterocycles. The van der Waals surface area contributed by atoms with E-state index in [1.165, 1.54) is 6.07 Å². The predicted molar refractivity (Wildman–Crippen MR) is 76.5 cm³/mol. The molecule has 2 rings (SSSR count). The maximum absolute atomic E-state index is 13.4. The first kappa shape index (κ1) is 13.9. The summed E-state index contributed by atoms with van der Waals surface area (Å²) in [5, 5.41) is 0.857. The normalized spacial score (nSPS) is 24.1. The Kier molecular flexibility index (Phi) is 4.33. The van der Waals surface area contributed by atoms with E-state index in [1.54, 1.807) is 12.1 Å². The molecule has 5 heteroatoms. The van der Waals surface area contributed by atoms with Gasteiger partial charge in [0.1, 0.15) is 5.82 Å². The molecule has 1 saturated heterocycles. The Labute approximate surface area is 119 Å². The highest BCUT2D eigenvalue weighted by Gasteiger charge is 2.26. The van der Waals surface area contributed by atoms with Gasteiger partial charge in [0.25, 0.3) is 5.91 Å². The number of thioether (sulfide) groups is 1. The predicted octanol–water partition coefficient (Wildman–Crippen LogP) is 3.55. The fraction of sp³-hybridized carbons (Fsp3) is 0.462. The molecule has 98 valence electrons. The summed E-state index contributed by atoms with van der Waals surface area (Å²) >= 11 is 4.98.